The predicted octanol–water partition coefficient (Wildman–Crippen LogP) is 4.89. The maximum Gasteiger partial charge on any atom is 0.204 e. The summed E-state index contributed by atoms with van der Waals surface area (Å²) in [4.78, 5) is 7.42. The van der Waals surface area contributed by atoms with Gasteiger partial charge in [0.2, 0.25) is 5.95 Å². The Morgan fingerprint density at radius 1 is 0.853 bits per heavy atom. The Hall–Kier alpha value is -3.22. The number of fused-ring (bicyclic) bond motifs is 1. The lowest BCUT2D eigenvalue weighted by atomic mass is 10.1. The van der Waals surface area contributed by atoms with E-state index in [0.717, 1.165) is 68.1 Å². The van der Waals surface area contributed by atoms with Crippen molar-refractivity contribution in [3.05, 3.63) is 95.8 Å². The topological polar surface area (TPSA) is 45.1 Å². The van der Waals surface area contributed by atoms with Crippen molar-refractivity contribution in [3.8, 4) is 0 Å². The molecule has 5 rings (SSSR count). The van der Waals surface area contributed by atoms with Gasteiger partial charge < -0.3 is 20.1 Å². The first-order chi connectivity index (χ1) is 16.7. The number of nitrogens with zero attached hydrogens (tertiary/aromatic N) is 3. The summed E-state index contributed by atoms with van der Waals surface area (Å²) in [6.07, 6.45) is 2.19. The number of rotatable bonds is 9. The van der Waals surface area contributed by atoms with Crippen molar-refractivity contribution < 1.29 is 4.39 Å². The first kappa shape index (κ1) is 22.6. The van der Waals surface area contributed by atoms with Crippen LogP contribution in [0.15, 0.2) is 78.9 Å². The van der Waals surface area contributed by atoms with Crippen molar-refractivity contribution in [2.24, 2.45) is 0 Å². The molecule has 0 bridgehead atoms. The van der Waals surface area contributed by atoms with Crippen molar-refractivity contribution in [2.45, 2.75) is 32.0 Å². The molecule has 5 nitrogen and oxygen atoms in total. The van der Waals surface area contributed by atoms with E-state index in [2.05, 4.69) is 56.5 Å². The Morgan fingerprint density at radius 2 is 1.59 bits per heavy atom. The van der Waals surface area contributed by atoms with Crippen molar-refractivity contribution in [2.75, 3.05) is 31.5 Å². The molecule has 1 aliphatic rings. The Morgan fingerprint density at radius 3 is 2.38 bits per heavy atom. The molecular formula is C28H32FN5. The lowest BCUT2D eigenvalue weighted by molar-refractivity contribution is 0.219. The first-order valence-corrected chi connectivity index (χ1v) is 12.2. The second-order valence-corrected chi connectivity index (χ2v) is 9.06. The molecule has 6 heteroatoms. The lowest BCUT2D eigenvalue weighted by Crippen LogP contribution is -2.42. The van der Waals surface area contributed by atoms with Crippen LogP contribution in [0.25, 0.3) is 11.0 Å². The van der Waals surface area contributed by atoms with E-state index in [4.69, 9.17) is 4.98 Å². The lowest BCUT2D eigenvalue weighted by Gasteiger charge is -2.32. The number of nitrogens with one attached hydrogen (secondary N) is 2. The standard InChI is InChI=1S/C28H32FN5/c29-24-12-10-23(11-13-24)21-34-27-9-5-4-8-26(27)32-28(34)31-25-14-17-33(18-15-25)19-16-30-20-22-6-2-1-3-7-22/h1-13,25,30H,14-21H2,(H,31,32). The van der Waals surface area contributed by atoms with Gasteiger partial charge in [-0.05, 0) is 48.2 Å². The Bertz CT molecular complexity index is 1180. The SMILES string of the molecule is Fc1ccc(Cn2c(NC3CCN(CCNCc4ccccc4)CC3)nc3ccccc32)cc1. The first-order valence-electron chi connectivity index (χ1n) is 12.2. The molecule has 0 amide bonds. The van der Waals surface area contributed by atoms with Gasteiger partial charge in [0.25, 0.3) is 0 Å². The summed E-state index contributed by atoms with van der Waals surface area (Å²) in [7, 11) is 0. The summed E-state index contributed by atoms with van der Waals surface area (Å²) >= 11 is 0. The van der Waals surface area contributed by atoms with E-state index in [1.54, 1.807) is 0 Å². The number of hydrogen-bond donors (Lipinski definition) is 2. The molecule has 34 heavy (non-hydrogen) atoms. The highest BCUT2D eigenvalue weighted by atomic mass is 19.1. The van der Waals surface area contributed by atoms with Gasteiger partial charge in [-0.3, -0.25) is 0 Å². The quantitative estimate of drug-likeness (QED) is 0.351. The summed E-state index contributed by atoms with van der Waals surface area (Å²) in [6, 6.07) is 25.9. The van der Waals surface area contributed by atoms with Crippen molar-refractivity contribution in [3.63, 3.8) is 0 Å². The van der Waals surface area contributed by atoms with Crippen LogP contribution in [0.4, 0.5) is 10.3 Å². The number of hydrogen-bond acceptors (Lipinski definition) is 4. The minimum Gasteiger partial charge on any atom is -0.353 e. The Labute approximate surface area is 200 Å². The molecule has 1 aliphatic heterocycles. The van der Waals surface area contributed by atoms with Crippen LogP contribution in [0.2, 0.25) is 0 Å². The molecule has 0 unspecified atom stereocenters. The van der Waals surface area contributed by atoms with E-state index in [1.165, 1.54) is 17.7 Å². The number of anilines is 1. The summed E-state index contributed by atoms with van der Waals surface area (Å²) in [5.41, 5.74) is 4.46. The van der Waals surface area contributed by atoms with Gasteiger partial charge in [0.1, 0.15) is 5.82 Å². The third kappa shape index (κ3) is 5.64. The highest BCUT2D eigenvalue weighted by Crippen LogP contribution is 2.24. The molecule has 176 valence electrons. The van der Waals surface area contributed by atoms with Crippen molar-refractivity contribution in [1.82, 2.24) is 19.8 Å². The van der Waals surface area contributed by atoms with Crippen LogP contribution in [0.5, 0.6) is 0 Å². The average Bonchev–Trinajstić information content (AvgIpc) is 3.21. The third-order valence-corrected chi connectivity index (χ3v) is 6.61. The second-order valence-electron chi connectivity index (χ2n) is 9.06. The van der Waals surface area contributed by atoms with E-state index in [1.807, 2.05) is 30.3 Å². The molecule has 0 aliphatic carbocycles. The fourth-order valence-electron chi connectivity index (χ4n) is 4.67. The second kappa shape index (κ2) is 10.8. The smallest absolute Gasteiger partial charge is 0.204 e. The van der Waals surface area contributed by atoms with Crippen LogP contribution in [-0.4, -0.2) is 46.7 Å². The summed E-state index contributed by atoms with van der Waals surface area (Å²) in [5.74, 6) is 0.688. The number of likely N-dealkylation sites (tertiary alicyclic amines) is 1. The molecule has 0 spiro atoms. The molecule has 1 aromatic heterocycles. The van der Waals surface area contributed by atoms with Gasteiger partial charge in [0.15, 0.2) is 0 Å². The van der Waals surface area contributed by atoms with E-state index < -0.39 is 0 Å². The molecular weight excluding hydrogens is 425 g/mol. The number of imidazole rings is 1. The molecule has 0 radical (unpaired) electrons. The van der Waals surface area contributed by atoms with E-state index in [9.17, 15) is 4.39 Å². The molecule has 2 heterocycles. The number of aromatic nitrogens is 2. The maximum absolute atomic E-state index is 13.4. The number of para-hydroxylation sites is 2. The number of benzene rings is 3. The Kier molecular flexibility index (Phi) is 7.17. The fourth-order valence-corrected chi connectivity index (χ4v) is 4.67. The third-order valence-electron chi connectivity index (χ3n) is 6.61. The van der Waals surface area contributed by atoms with Crippen molar-refractivity contribution in [1.29, 1.82) is 0 Å². The monoisotopic (exact) mass is 457 g/mol. The summed E-state index contributed by atoms with van der Waals surface area (Å²) in [5, 5.41) is 7.27. The van der Waals surface area contributed by atoms with Gasteiger partial charge in [-0.15, -0.1) is 0 Å². The van der Waals surface area contributed by atoms with Gasteiger partial charge in [-0.2, -0.15) is 0 Å². The fraction of sp³-hybridized carbons (Fsp3) is 0.321. The van der Waals surface area contributed by atoms with E-state index in [-0.39, 0.29) is 5.82 Å². The molecule has 2 N–H and O–H groups in total. The van der Waals surface area contributed by atoms with Crippen LogP contribution < -0.4 is 10.6 Å². The van der Waals surface area contributed by atoms with Gasteiger partial charge in [0.05, 0.1) is 17.6 Å². The largest absolute Gasteiger partial charge is 0.353 e. The zero-order valence-corrected chi connectivity index (χ0v) is 19.5. The van der Waals surface area contributed by atoms with Crippen LogP contribution in [0, 0.1) is 5.82 Å². The molecule has 1 saturated heterocycles. The summed E-state index contributed by atoms with van der Waals surface area (Å²) in [6.45, 7) is 5.83. The van der Waals surface area contributed by atoms with Crippen LogP contribution in [-0.2, 0) is 13.1 Å². The zero-order chi connectivity index (χ0) is 23.2. The molecule has 3 aromatic carbocycles. The van der Waals surface area contributed by atoms with Gasteiger partial charge in [0, 0.05) is 38.8 Å². The van der Waals surface area contributed by atoms with E-state index in [0.29, 0.717) is 12.6 Å². The van der Waals surface area contributed by atoms with E-state index >= 15 is 0 Å². The predicted molar refractivity (Wildman–Crippen MR) is 136 cm³/mol. The number of halogens is 1. The van der Waals surface area contributed by atoms with Gasteiger partial charge >= 0.3 is 0 Å². The minimum atomic E-state index is -0.209. The van der Waals surface area contributed by atoms with Crippen LogP contribution >= 0.6 is 0 Å². The Balaban J connectivity index is 1.16. The number of piperidine rings is 1. The molecule has 0 atom stereocenters. The normalized spacial score (nSPS) is 15.1. The highest BCUT2D eigenvalue weighted by molar-refractivity contribution is 5.78. The minimum absolute atomic E-state index is 0.209. The molecule has 4 aromatic rings. The molecule has 1 fully saturated rings. The van der Waals surface area contributed by atoms with Crippen LogP contribution in [0.3, 0.4) is 0 Å². The molecule has 0 saturated carbocycles. The zero-order valence-electron chi connectivity index (χ0n) is 19.5. The van der Waals surface area contributed by atoms with Gasteiger partial charge in [-0.25, -0.2) is 9.37 Å². The van der Waals surface area contributed by atoms with Crippen LogP contribution in [0.1, 0.15) is 24.0 Å². The highest BCUT2D eigenvalue weighted by Gasteiger charge is 2.21. The maximum atomic E-state index is 13.4. The summed E-state index contributed by atoms with van der Waals surface area (Å²) < 4.78 is 15.6. The average molecular weight is 458 g/mol. The van der Waals surface area contributed by atoms with Crippen molar-refractivity contribution >= 4 is 17.0 Å². The van der Waals surface area contributed by atoms with Gasteiger partial charge in [-0.1, -0.05) is 54.6 Å².